The zero-order chi connectivity index (χ0) is 17.1. The lowest BCUT2D eigenvalue weighted by molar-refractivity contribution is -0.884. The van der Waals surface area contributed by atoms with E-state index in [9.17, 15) is 10.1 Å². The topological polar surface area (TPSA) is 76.3 Å². The molecule has 1 aliphatic rings. The lowest BCUT2D eigenvalue weighted by Crippen LogP contribution is -3.11. The first-order valence-corrected chi connectivity index (χ1v) is 8.05. The largest absolute Gasteiger partial charge is 0.455 e. The second-order valence-corrected chi connectivity index (χ2v) is 6.21. The Morgan fingerprint density at radius 1 is 1.33 bits per heavy atom. The predicted octanol–water partition coefficient (Wildman–Crippen LogP) is 1.67. The van der Waals surface area contributed by atoms with Crippen LogP contribution in [0.5, 0.6) is 0 Å². The lowest BCUT2D eigenvalue weighted by atomic mass is 10.1. The van der Waals surface area contributed by atoms with Crippen LogP contribution in [0.3, 0.4) is 0 Å². The highest BCUT2D eigenvalue weighted by Gasteiger charge is 2.19. The number of rotatable bonds is 4. The second kappa shape index (κ2) is 7.02. The Bertz CT molecular complexity index is 766. The molecule has 3 rings (SSSR count). The molecule has 1 fully saturated rings. The maximum Gasteiger partial charge on any atom is 0.281 e. The van der Waals surface area contributed by atoms with Gasteiger partial charge in [-0.05, 0) is 24.3 Å². The van der Waals surface area contributed by atoms with Crippen molar-refractivity contribution >= 4 is 23.5 Å². The zero-order valence-corrected chi connectivity index (χ0v) is 14.0. The fourth-order valence-electron chi connectivity index (χ4n) is 2.56. The number of hydrogen-bond donors (Lipinski definition) is 1. The summed E-state index contributed by atoms with van der Waals surface area (Å²) in [4.78, 5) is 12.2. The molecule has 1 saturated heterocycles. The molecule has 0 bridgehead atoms. The van der Waals surface area contributed by atoms with Crippen molar-refractivity contribution in [3.05, 3.63) is 51.2 Å². The van der Waals surface area contributed by atoms with Crippen LogP contribution in [0.25, 0.3) is 11.3 Å². The van der Waals surface area contributed by atoms with Crippen LogP contribution < -0.4 is 4.90 Å². The highest BCUT2D eigenvalue weighted by Crippen LogP contribution is 2.33. The van der Waals surface area contributed by atoms with E-state index in [0.717, 1.165) is 26.2 Å². The molecule has 0 radical (unpaired) electrons. The predicted molar refractivity (Wildman–Crippen MR) is 91.6 cm³/mol. The molecular weight excluding hydrogens is 332 g/mol. The molecule has 0 aliphatic carbocycles. The van der Waals surface area contributed by atoms with Crippen LogP contribution in [0, 0.1) is 10.1 Å². The number of quaternary nitrogens is 1. The number of likely N-dealkylation sites (N-methyl/N-ethyl adjacent to an activating group) is 1. The smallest absolute Gasteiger partial charge is 0.281 e. The average molecular weight is 350 g/mol. The van der Waals surface area contributed by atoms with Gasteiger partial charge in [-0.1, -0.05) is 11.6 Å². The Kier molecular flexibility index (Phi) is 4.82. The second-order valence-electron chi connectivity index (χ2n) is 5.78. The monoisotopic (exact) mass is 349 g/mol. The van der Waals surface area contributed by atoms with Crippen LogP contribution in [-0.4, -0.2) is 49.4 Å². The van der Waals surface area contributed by atoms with E-state index < -0.39 is 4.92 Å². The van der Waals surface area contributed by atoms with Crippen molar-refractivity contribution in [3.8, 4) is 11.3 Å². The van der Waals surface area contributed by atoms with Gasteiger partial charge in [-0.3, -0.25) is 15.1 Å². The van der Waals surface area contributed by atoms with Gasteiger partial charge in [-0.2, -0.15) is 5.10 Å². The minimum absolute atomic E-state index is 0.0811. The highest BCUT2D eigenvalue weighted by molar-refractivity contribution is 6.30. The number of halogens is 1. The van der Waals surface area contributed by atoms with Crippen molar-refractivity contribution in [1.29, 1.82) is 0 Å². The summed E-state index contributed by atoms with van der Waals surface area (Å²) in [6.07, 6.45) is 1.64. The molecule has 0 atom stereocenters. The third-order valence-corrected chi connectivity index (χ3v) is 4.23. The van der Waals surface area contributed by atoms with Crippen molar-refractivity contribution in [1.82, 2.24) is 5.01 Å². The summed E-state index contributed by atoms with van der Waals surface area (Å²) in [7, 11) is 2.17. The van der Waals surface area contributed by atoms with Crippen LogP contribution in [0.4, 0.5) is 5.69 Å². The summed E-state index contributed by atoms with van der Waals surface area (Å²) < 4.78 is 5.68. The van der Waals surface area contributed by atoms with Crippen molar-refractivity contribution in [2.45, 2.75) is 0 Å². The van der Waals surface area contributed by atoms with Crippen molar-refractivity contribution in [3.63, 3.8) is 0 Å². The molecule has 126 valence electrons. The maximum absolute atomic E-state index is 11.2. The van der Waals surface area contributed by atoms with E-state index in [4.69, 9.17) is 16.0 Å². The molecule has 1 aromatic heterocycles. The van der Waals surface area contributed by atoms with Gasteiger partial charge in [-0.15, -0.1) is 0 Å². The molecule has 0 unspecified atom stereocenters. The maximum atomic E-state index is 11.2. The normalized spacial score (nSPS) is 16.0. The number of furan rings is 1. The van der Waals surface area contributed by atoms with Crippen LogP contribution in [-0.2, 0) is 0 Å². The third-order valence-electron chi connectivity index (χ3n) is 3.99. The summed E-state index contributed by atoms with van der Waals surface area (Å²) >= 11 is 5.84. The Labute approximate surface area is 144 Å². The van der Waals surface area contributed by atoms with Crippen LogP contribution in [0.1, 0.15) is 5.76 Å². The third kappa shape index (κ3) is 3.74. The van der Waals surface area contributed by atoms with Gasteiger partial charge in [0.2, 0.25) is 0 Å². The molecule has 0 saturated carbocycles. The van der Waals surface area contributed by atoms with E-state index in [1.165, 1.54) is 11.0 Å². The molecule has 24 heavy (non-hydrogen) atoms. The molecule has 0 spiro atoms. The molecule has 7 nitrogen and oxygen atoms in total. The summed E-state index contributed by atoms with van der Waals surface area (Å²) in [5.74, 6) is 0.975. The van der Waals surface area contributed by atoms with Gasteiger partial charge >= 0.3 is 0 Å². The van der Waals surface area contributed by atoms with Crippen molar-refractivity contribution < 1.29 is 14.2 Å². The fourth-order valence-corrected chi connectivity index (χ4v) is 2.73. The lowest BCUT2D eigenvalue weighted by Gasteiger charge is -2.27. The van der Waals surface area contributed by atoms with E-state index in [2.05, 4.69) is 12.1 Å². The van der Waals surface area contributed by atoms with Gasteiger partial charge in [-0.25, -0.2) is 0 Å². The fraction of sp³-hybridized carbons (Fsp3) is 0.312. The molecule has 1 N–H and O–H groups in total. The van der Waals surface area contributed by atoms with Crippen LogP contribution in [0.2, 0.25) is 5.02 Å². The Balaban J connectivity index is 1.78. The first-order valence-electron chi connectivity index (χ1n) is 7.67. The minimum atomic E-state index is -0.468. The molecular formula is C16H18ClN4O3+. The highest BCUT2D eigenvalue weighted by atomic mass is 35.5. The summed E-state index contributed by atoms with van der Waals surface area (Å²) in [6.45, 7) is 3.91. The molecule has 2 heterocycles. The summed E-state index contributed by atoms with van der Waals surface area (Å²) in [5.41, 5.74) is 0.314. The van der Waals surface area contributed by atoms with Gasteiger partial charge in [0, 0.05) is 11.1 Å². The summed E-state index contributed by atoms with van der Waals surface area (Å²) in [5, 5.41) is 17.9. The first kappa shape index (κ1) is 16.5. The Morgan fingerprint density at radius 3 is 2.79 bits per heavy atom. The SMILES string of the molecule is C[NH+]1CCN(/N=C\c2ccc(-c3ccc(Cl)cc3[N+](=O)[O-])o2)CC1. The number of hydrogen-bond acceptors (Lipinski definition) is 5. The Morgan fingerprint density at radius 2 is 2.08 bits per heavy atom. The molecule has 1 aromatic carbocycles. The van der Waals surface area contributed by atoms with Gasteiger partial charge in [0.15, 0.2) is 0 Å². The van der Waals surface area contributed by atoms with Crippen LogP contribution >= 0.6 is 11.6 Å². The first-order chi connectivity index (χ1) is 11.5. The zero-order valence-electron chi connectivity index (χ0n) is 13.2. The van der Waals surface area contributed by atoms with Gasteiger partial charge < -0.3 is 9.32 Å². The van der Waals surface area contributed by atoms with Gasteiger partial charge in [0.25, 0.3) is 5.69 Å². The van der Waals surface area contributed by atoms with Crippen LogP contribution in [0.15, 0.2) is 39.9 Å². The number of benzene rings is 1. The summed E-state index contributed by atoms with van der Waals surface area (Å²) in [6, 6.07) is 7.96. The number of hydrazone groups is 1. The van der Waals surface area contributed by atoms with E-state index in [0.29, 0.717) is 22.1 Å². The number of nitrogens with zero attached hydrogens (tertiary/aromatic N) is 3. The molecule has 0 amide bonds. The van der Waals surface area contributed by atoms with E-state index in [-0.39, 0.29) is 5.69 Å². The van der Waals surface area contributed by atoms with Crippen molar-refractivity contribution in [2.24, 2.45) is 5.10 Å². The van der Waals surface area contributed by atoms with E-state index in [1.807, 2.05) is 5.01 Å². The number of nitrogens with one attached hydrogen (secondary N) is 1. The minimum Gasteiger partial charge on any atom is -0.455 e. The standard InChI is InChI=1S/C16H17ClN4O3/c1-19-6-8-20(9-7-19)18-11-13-3-5-16(24-13)14-4-2-12(17)10-15(14)21(22)23/h2-5,10-11H,6-9H2,1H3/p+1/b18-11-. The molecule has 2 aromatic rings. The molecule has 8 heteroatoms. The Hall–Kier alpha value is -2.38. The number of piperazine rings is 1. The molecule has 1 aliphatic heterocycles. The van der Waals surface area contributed by atoms with E-state index >= 15 is 0 Å². The number of nitro groups is 1. The quantitative estimate of drug-likeness (QED) is 0.517. The van der Waals surface area contributed by atoms with Crippen molar-refractivity contribution in [2.75, 3.05) is 33.2 Å². The van der Waals surface area contributed by atoms with Gasteiger partial charge in [0.1, 0.15) is 11.5 Å². The average Bonchev–Trinajstić information content (AvgIpc) is 3.03. The number of nitro benzene ring substituents is 1. The van der Waals surface area contributed by atoms with E-state index in [1.54, 1.807) is 30.5 Å². The van der Waals surface area contributed by atoms with Gasteiger partial charge in [0.05, 0.1) is 49.9 Å².